The van der Waals surface area contributed by atoms with E-state index in [1.54, 1.807) is 15.9 Å². The van der Waals surface area contributed by atoms with E-state index in [0.717, 1.165) is 12.0 Å². The summed E-state index contributed by atoms with van der Waals surface area (Å²) in [6, 6.07) is 16.9. The highest BCUT2D eigenvalue weighted by Crippen LogP contribution is 2.29. The molecule has 0 radical (unpaired) electrons. The van der Waals surface area contributed by atoms with Gasteiger partial charge in [-0.15, -0.1) is 0 Å². The monoisotopic (exact) mass is 395 g/mol. The molecule has 0 spiro atoms. The van der Waals surface area contributed by atoms with E-state index in [1.807, 2.05) is 48.5 Å². The molecule has 2 aromatic carbocycles. The lowest BCUT2D eigenvalue weighted by Gasteiger charge is -2.23. The number of carbonyl (C=O) groups is 3. The molecule has 0 aliphatic carbocycles. The second-order valence-electron chi connectivity index (χ2n) is 6.92. The minimum absolute atomic E-state index is 0.00503. The molecule has 3 rings (SSSR count). The maximum atomic E-state index is 12.7. The van der Waals surface area contributed by atoms with Crippen molar-refractivity contribution in [3.05, 3.63) is 60.2 Å². The third-order valence-corrected chi connectivity index (χ3v) is 4.74. The van der Waals surface area contributed by atoms with Crippen LogP contribution in [0.2, 0.25) is 0 Å². The number of para-hydroxylation sites is 2. The van der Waals surface area contributed by atoms with Crippen molar-refractivity contribution in [3.8, 4) is 0 Å². The number of amides is 2. The van der Waals surface area contributed by atoms with Gasteiger partial charge < -0.3 is 15.0 Å². The minimum Gasteiger partial charge on any atom is -0.468 e. The van der Waals surface area contributed by atoms with Crippen LogP contribution in [0.3, 0.4) is 0 Å². The van der Waals surface area contributed by atoms with Crippen LogP contribution in [0, 0.1) is 0 Å². The fourth-order valence-corrected chi connectivity index (χ4v) is 3.37. The van der Waals surface area contributed by atoms with Gasteiger partial charge in [0.15, 0.2) is 0 Å². The van der Waals surface area contributed by atoms with Gasteiger partial charge in [-0.2, -0.15) is 0 Å². The summed E-state index contributed by atoms with van der Waals surface area (Å²) in [6.07, 6.45) is 1.33. The molecule has 1 N–H and O–H groups in total. The molecule has 0 atom stereocenters. The summed E-state index contributed by atoms with van der Waals surface area (Å²) >= 11 is 0. The number of esters is 1. The zero-order valence-electron chi connectivity index (χ0n) is 16.5. The topological polar surface area (TPSA) is 79.0 Å². The quantitative estimate of drug-likeness (QED) is 0.695. The Bertz CT molecular complexity index is 869. The van der Waals surface area contributed by atoms with E-state index in [2.05, 4.69) is 5.32 Å². The number of nitrogens with one attached hydrogen (secondary N) is 1. The summed E-state index contributed by atoms with van der Waals surface area (Å²) in [5, 5.41) is 2.89. The average molecular weight is 395 g/mol. The van der Waals surface area contributed by atoms with Crippen LogP contribution in [-0.4, -0.2) is 49.4 Å². The summed E-state index contributed by atoms with van der Waals surface area (Å²) in [7, 11) is 1.33. The second kappa shape index (κ2) is 9.84. The molecule has 29 heavy (non-hydrogen) atoms. The van der Waals surface area contributed by atoms with Crippen molar-refractivity contribution in [1.29, 1.82) is 0 Å². The lowest BCUT2D eigenvalue weighted by atomic mass is 10.2. The zero-order chi connectivity index (χ0) is 20.6. The van der Waals surface area contributed by atoms with E-state index in [1.165, 1.54) is 7.11 Å². The normalized spacial score (nSPS) is 13.6. The molecule has 1 fully saturated rings. The van der Waals surface area contributed by atoms with Gasteiger partial charge in [0, 0.05) is 19.5 Å². The SMILES string of the molecule is COC(=O)CN(CC(=O)Nc1ccccc1N1CCCC1=O)Cc1ccccc1. The van der Waals surface area contributed by atoms with Crippen molar-refractivity contribution in [3.63, 3.8) is 0 Å². The van der Waals surface area contributed by atoms with Crippen molar-refractivity contribution in [2.45, 2.75) is 19.4 Å². The Morgan fingerprint density at radius 3 is 2.48 bits per heavy atom. The minimum atomic E-state index is -0.406. The average Bonchev–Trinajstić information content (AvgIpc) is 3.14. The van der Waals surface area contributed by atoms with Gasteiger partial charge in [0.05, 0.1) is 31.6 Å². The van der Waals surface area contributed by atoms with Crippen LogP contribution < -0.4 is 10.2 Å². The fourth-order valence-electron chi connectivity index (χ4n) is 3.37. The van der Waals surface area contributed by atoms with Crippen molar-refractivity contribution < 1.29 is 19.1 Å². The highest BCUT2D eigenvalue weighted by molar-refractivity contribution is 6.02. The molecule has 1 saturated heterocycles. The molecule has 0 unspecified atom stereocenters. The van der Waals surface area contributed by atoms with E-state index in [9.17, 15) is 14.4 Å². The lowest BCUT2D eigenvalue weighted by Crippen LogP contribution is -2.37. The van der Waals surface area contributed by atoms with Crippen LogP contribution in [0.25, 0.3) is 0 Å². The third kappa shape index (κ3) is 5.65. The van der Waals surface area contributed by atoms with E-state index >= 15 is 0 Å². The zero-order valence-corrected chi connectivity index (χ0v) is 16.5. The van der Waals surface area contributed by atoms with E-state index in [0.29, 0.717) is 30.9 Å². The van der Waals surface area contributed by atoms with E-state index in [4.69, 9.17) is 4.74 Å². The Kier molecular flexibility index (Phi) is 6.97. The van der Waals surface area contributed by atoms with Gasteiger partial charge >= 0.3 is 5.97 Å². The predicted molar refractivity (Wildman–Crippen MR) is 110 cm³/mol. The van der Waals surface area contributed by atoms with Gasteiger partial charge in [-0.1, -0.05) is 42.5 Å². The van der Waals surface area contributed by atoms with Crippen LogP contribution in [0.1, 0.15) is 18.4 Å². The number of methoxy groups -OCH3 is 1. The molecule has 2 amide bonds. The number of hydrogen-bond donors (Lipinski definition) is 1. The summed E-state index contributed by atoms with van der Waals surface area (Å²) in [4.78, 5) is 40.0. The molecule has 1 aliphatic heterocycles. The van der Waals surface area contributed by atoms with Gasteiger partial charge in [-0.3, -0.25) is 19.3 Å². The van der Waals surface area contributed by atoms with Crippen molar-refractivity contribution >= 4 is 29.2 Å². The van der Waals surface area contributed by atoms with Crippen molar-refractivity contribution in [2.75, 3.05) is 37.0 Å². The molecule has 0 saturated carbocycles. The molecule has 7 heteroatoms. The van der Waals surface area contributed by atoms with Crippen molar-refractivity contribution in [2.24, 2.45) is 0 Å². The molecule has 0 aromatic heterocycles. The first-order chi connectivity index (χ1) is 14.1. The molecule has 1 aliphatic rings. The maximum absolute atomic E-state index is 12.7. The molecule has 1 heterocycles. The number of hydrogen-bond acceptors (Lipinski definition) is 5. The first-order valence-corrected chi connectivity index (χ1v) is 9.59. The number of benzene rings is 2. The first-order valence-electron chi connectivity index (χ1n) is 9.59. The molecule has 7 nitrogen and oxygen atoms in total. The summed E-state index contributed by atoms with van der Waals surface area (Å²) in [6.45, 7) is 1.11. The summed E-state index contributed by atoms with van der Waals surface area (Å²) < 4.78 is 4.76. The molecular weight excluding hydrogens is 370 g/mol. The predicted octanol–water partition coefficient (Wildman–Crippen LogP) is 2.43. The van der Waals surface area contributed by atoms with Gasteiger partial charge in [0.1, 0.15) is 0 Å². The fraction of sp³-hybridized carbons (Fsp3) is 0.318. The number of ether oxygens (including phenoxy) is 1. The van der Waals surface area contributed by atoms with Gasteiger partial charge in [-0.05, 0) is 24.1 Å². The van der Waals surface area contributed by atoms with E-state index in [-0.39, 0.29) is 24.9 Å². The van der Waals surface area contributed by atoms with Crippen LogP contribution in [0.15, 0.2) is 54.6 Å². The van der Waals surface area contributed by atoms with E-state index < -0.39 is 5.97 Å². The highest BCUT2D eigenvalue weighted by atomic mass is 16.5. The largest absolute Gasteiger partial charge is 0.468 e. The number of anilines is 2. The standard InChI is InChI=1S/C22H25N3O4/c1-29-22(28)16-24(14-17-8-3-2-4-9-17)15-20(26)23-18-10-5-6-11-19(18)25-13-7-12-21(25)27/h2-6,8-11H,7,12-16H2,1H3,(H,23,26). The second-order valence-corrected chi connectivity index (χ2v) is 6.92. The summed E-state index contributed by atoms with van der Waals surface area (Å²) in [5.74, 6) is -0.608. The Hall–Kier alpha value is -3.19. The Morgan fingerprint density at radius 1 is 1.07 bits per heavy atom. The van der Waals surface area contributed by atoms with Gasteiger partial charge in [-0.25, -0.2) is 0 Å². The Balaban J connectivity index is 1.70. The molecule has 0 bridgehead atoms. The number of rotatable bonds is 8. The third-order valence-electron chi connectivity index (χ3n) is 4.74. The van der Waals surface area contributed by atoms with Crippen LogP contribution in [0.5, 0.6) is 0 Å². The van der Waals surface area contributed by atoms with Crippen LogP contribution >= 0.6 is 0 Å². The van der Waals surface area contributed by atoms with Gasteiger partial charge in [0.2, 0.25) is 11.8 Å². The number of carbonyl (C=O) groups excluding carboxylic acids is 3. The first kappa shape index (κ1) is 20.5. The Morgan fingerprint density at radius 2 is 1.79 bits per heavy atom. The molecule has 2 aromatic rings. The van der Waals surface area contributed by atoms with Crippen LogP contribution in [0.4, 0.5) is 11.4 Å². The molecular formula is C22H25N3O4. The highest BCUT2D eigenvalue weighted by Gasteiger charge is 2.24. The molecule has 152 valence electrons. The van der Waals surface area contributed by atoms with Crippen molar-refractivity contribution in [1.82, 2.24) is 4.90 Å². The summed E-state index contributed by atoms with van der Waals surface area (Å²) in [5.41, 5.74) is 2.28. The lowest BCUT2D eigenvalue weighted by molar-refractivity contribution is -0.142. The number of nitrogens with zero attached hydrogens (tertiary/aromatic N) is 2. The van der Waals surface area contributed by atoms with Gasteiger partial charge in [0.25, 0.3) is 0 Å². The maximum Gasteiger partial charge on any atom is 0.319 e. The smallest absolute Gasteiger partial charge is 0.319 e. The van der Waals surface area contributed by atoms with Crippen LogP contribution in [-0.2, 0) is 25.7 Å². The Labute approximate surface area is 170 Å².